The first kappa shape index (κ1) is 16.6. The van der Waals surface area contributed by atoms with Crippen molar-refractivity contribution >= 4 is 11.3 Å². The molecule has 2 heterocycles. The highest BCUT2D eigenvalue weighted by Crippen LogP contribution is 2.33. The summed E-state index contributed by atoms with van der Waals surface area (Å²) in [5.74, 6) is 0.386. The molecular weight excluding hydrogens is 306 g/mol. The number of rotatable bonds is 5. The molecule has 0 radical (unpaired) electrons. The van der Waals surface area contributed by atoms with Crippen molar-refractivity contribution in [2.75, 3.05) is 6.61 Å². The molecule has 0 spiro atoms. The number of aliphatic hydroxyl groups is 1. The van der Waals surface area contributed by atoms with E-state index in [1.165, 1.54) is 17.7 Å². The Kier molecular flexibility index (Phi) is 5.41. The summed E-state index contributed by atoms with van der Waals surface area (Å²) in [6.45, 7) is 4.57. The maximum atomic E-state index is 9.60. The van der Waals surface area contributed by atoms with E-state index in [1.807, 2.05) is 12.3 Å². The number of thiazole rings is 1. The number of aliphatic hydroxyl groups excluding tert-OH is 1. The number of nitrogens with zero attached hydrogens (tertiary/aromatic N) is 2. The van der Waals surface area contributed by atoms with Crippen LogP contribution in [-0.4, -0.2) is 27.7 Å². The first-order chi connectivity index (χ1) is 11.2. The van der Waals surface area contributed by atoms with Gasteiger partial charge in [-0.2, -0.15) is 0 Å². The molecule has 2 N–H and O–H groups in total. The van der Waals surface area contributed by atoms with E-state index in [-0.39, 0.29) is 12.6 Å². The second kappa shape index (κ2) is 7.51. The summed E-state index contributed by atoms with van der Waals surface area (Å²) in [7, 11) is 0. The average Bonchev–Trinajstić information content (AvgIpc) is 2.98. The van der Waals surface area contributed by atoms with Crippen LogP contribution in [0.25, 0.3) is 10.6 Å². The Labute approximate surface area is 142 Å². The van der Waals surface area contributed by atoms with E-state index in [1.54, 1.807) is 17.5 Å². The molecule has 5 heteroatoms. The lowest BCUT2D eigenvalue weighted by molar-refractivity contribution is 0.147. The van der Waals surface area contributed by atoms with Crippen molar-refractivity contribution in [1.82, 2.24) is 15.3 Å². The van der Waals surface area contributed by atoms with Crippen LogP contribution in [0.5, 0.6) is 0 Å². The van der Waals surface area contributed by atoms with Crippen molar-refractivity contribution in [3.63, 3.8) is 0 Å². The maximum absolute atomic E-state index is 9.60. The van der Waals surface area contributed by atoms with E-state index >= 15 is 0 Å². The van der Waals surface area contributed by atoms with Crippen molar-refractivity contribution in [1.29, 1.82) is 0 Å². The highest BCUT2D eigenvalue weighted by Gasteiger charge is 2.27. The van der Waals surface area contributed by atoms with Crippen LogP contribution in [0.1, 0.15) is 49.2 Å². The van der Waals surface area contributed by atoms with Gasteiger partial charge >= 0.3 is 0 Å². The number of hydrogen-bond donors (Lipinski definition) is 2. The topological polar surface area (TPSA) is 58.0 Å². The fourth-order valence-electron chi connectivity index (χ4n) is 3.47. The van der Waals surface area contributed by atoms with Gasteiger partial charge in [0.15, 0.2) is 0 Å². The first-order valence-corrected chi connectivity index (χ1v) is 9.25. The van der Waals surface area contributed by atoms with Crippen LogP contribution in [0.2, 0.25) is 0 Å². The van der Waals surface area contributed by atoms with Crippen LogP contribution in [0.4, 0.5) is 0 Å². The van der Waals surface area contributed by atoms with E-state index in [4.69, 9.17) is 4.98 Å². The molecule has 1 saturated carbocycles. The van der Waals surface area contributed by atoms with Gasteiger partial charge in [0.25, 0.3) is 0 Å². The first-order valence-electron chi connectivity index (χ1n) is 8.43. The van der Waals surface area contributed by atoms with E-state index in [9.17, 15) is 5.11 Å². The fraction of sp³-hybridized carbons (Fsp3) is 0.556. The lowest BCUT2D eigenvalue weighted by atomic mass is 9.84. The van der Waals surface area contributed by atoms with Crippen LogP contribution < -0.4 is 5.32 Å². The minimum absolute atomic E-state index is 0.259. The van der Waals surface area contributed by atoms with Crippen LogP contribution in [-0.2, 0) is 0 Å². The SMILES string of the molecule is Cc1nc(-c2cccnc2)sc1C(C)NC1CCCCC1CO. The third kappa shape index (κ3) is 3.79. The predicted molar refractivity (Wildman–Crippen MR) is 94.5 cm³/mol. The molecule has 0 saturated heterocycles. The zero-order valence-corrected chi connectivity index (χ0v) is 14.6. The molecule has 124 valence electrons. The number of aryl methyl sites for hydroxylation is 1. The minimum atomic E-state index is 0.259. The standard InChI is InChI=1S/C18H25N3OS/c1-12(20-16-8-4-3-6-15(16)11-22)17-13(2)21-18(23-17)14-7-5-9-19-10-14/h5,7,9-10,12,15-16,20,22H,3-4,6,8,11H2,1-2H3. The molecule has 3 atom stereocenters. The van der Waals surface area contributed by atoms with Crippen molar-refractivity contribution < 1.29 is 5.11 Å². The number of hydrogen-bond acceptors (Lipinski definition) is 5. The second-order valence-electron chi connectivity index (χ2n) is 6.43. The number of nitrogens with one attached hydrogen (secondary N) is 1. The molecule has 0 aliphatic heterocycles. The molecule has 2 aromatic heterocycles. The van der Waals surface area contributed by atoms with Gasteiger partial charge < -0.3 is 10.4 Å². The summed E-state index contributed by atoms with van der Waals surface area (Å²) in [6, 6.07) is 4.67. The fourth-order valence-corrected chi connectivity index (χ4v) is 4.53. The van der Waals surface area contributed by atoms with Gasteiger partial charge in [0, 0.05) is 41.5 Å². The maximum Gasteiger partial charge on any atom is 0.125 e. The molecule has 3 rings (SSSR count). The Balaban J connectivity index is 1.74. The molecule has 1 aliphatic rings. The lowest BCUT2D eigenvalue weighted by Gasteiger charge is -2.33. The van der Waals surface area contributed by atoms with Gasteiger partial charge in [-0.1, -0.05) is 12.8 Å². The number of aromatic nitrogens is 2. The summed E-state index contributed by atoms with van der Waals surface area (Å²) in [5.41, 5.74) is 2.16. The van der Waals surface area contributed by atoms with E-state index in [0.29, 0.717) is 12.0 Å². The van der Waals surface area contributed by atoms with E-state index < -0.39 is 0 Å². The molecule has 23 heavy (non-hydrogen) atoms. The minimum Gasteiger partial charge on any atom is -0.396 e. The summed E-state index contributed by atoms with van der Waals surface area (Å²) >= 11 is 1.74. The molecule has 1 aliphatic carbocycles. The Hall–Kier alpha value is -1.30. The smallest absolute Gasteiger partial charge is 0.125 e. The van der Waals surface area contributed by atoms with Crippen molar-refractivity contribution in [2.45, 2.75) is 51.6 Å². The largest absolute Gasteiger partial charge is 0.396 e. The third-order valence-corrected chi connectivity index (χ3v) is 6.13. The lowest BCUT2D eigenvalue weighted by Crippen LogP contribution is -2.41. The Morgan fingerprint density at radius 2 is 2.22 bits per heavy atom. The third-order valence-electron chi connectivity index (χ3n) is 4.74. The predicted octanol–water partition coefficient (Wildman–Crippen LogP) is 3.72. The van der Waals surface area contributed by atoms with Gasteiger partial charge in [0.2, 0.25) is 0 Å². The highest BCUT2D eigenvalue weighted by molar-refractivity contribution is 7.15. The van der Waals surface area contributed by atoms with Gasteiger partial charge in [-0.15, -0.1) is 11.3 Å². The monoisotopic (exact) mass is 331 g/mol. The Bertz CT molecular complexity index is 628. The summed E-state index contributed by atoms with van der Waals surface area (Å²) in [5, 5.41) is 14.4. The molecule has 3 unspecified atom stereocenters. The zero-order valence-electron chi connectivity index (χ0n) is 13.8. The van der Waals surface area contributed by atoms with Gasteiger partial charge in [-0.25, -0.2) is 4.98 Å². The van der Waals surface area contributed by atoms with Gasteiger partial charge in [-0.05, 0) is 44.7 Å². The van der Waals surface area contributed by atoms with Gasteiger partial charge in [0.1, 0.15) is 5.01 Å². The molecule has 0 aromatic carbocycles. The molecule has 0 bridgehead atoms. The molecule has 4 nitrogen and oxygen atoms in total. The Morgan fingerprint density at radius 3 is 2.96 bits per heavy atom. The normalized spacial score (nSPS) is 22.9. The van der Waals surface area contributed by atoms with Crippen LogP contribution >= 0.6 is 11.3 Å². The zero-order chi connectivity index (χ0) is 16.2. The van der Waals surface area contributed by atoms with Crippen molar-refractivity contribution in [3.8, 4) is 10.6 Å². The summed E-state index contributed by atoms with van der Waals surface area (Å²) in [6.07, 6.45) is 8.43. The second-order valence-corrected chi connectivity index (χ2v) is 7.46. The average molecular weight is 331 g/mol. The van der Waals surface area contributed by atoms with Crippen molar-refractivity contribution in [3.05, 3.63) is 35.1 Å². The molecule has 0 amide bonds. The van der Waals surface area contributed by atoms with Crippen LogP contribution in [0.15, 0.2) is 24.5 Å². The molecule has 2 aromatic rings. The van der Waals surface area contributed by atoms with Gasteiger partial charge in [0.05, 0.1) is 5.69 Å². The molecule has 1 fully saturated rings. The van der Waals surface area contributed by atoms with Gasteiger partial charge in [-0.3, -0.25) is 4.98 Å². The summed E-state index contributed by atoms with van der Waals surface area (Å²) < 4.78 is 0. The van der Waals surface area contributed by atoms with Crippen molar-refractivity contribution in [2.24, 2.45) is 5.92 Å². The Morgan fingerprint density at radius 1 is 1.39 bits per heavy atom. The van der Waals surface area contributed by atoms with Crippen LogP contribution in [0.3, 0.4) is 0 Å². The van der Waals surface area contributed by atoms with E-state index in [2.05, 4.69) is 30.2 Å². The summed E-state index contributed by atoms with van der Waals surface area (Å²) in [4.78, 5) is 10.2. The number of pyridine rings is 1. The quantitative estimate of drug-likeness (QED) is 0.877. The molecular formula is C18H25N3OS. The van der Waals surface area contributed by atoms with E-state index in [0.717, 1.165) is 29.1 Å². The van der Waals surface area contributed by atoms with Crippen LogP contribution in [0, 0.1) is 12.8 Å². The highest BCUT2D eigenvalue weighted by atomic mass is 32.1.